The lowest BCUT2D eigenvalue weighted by atomic mass is 10.1. The Balaban J connectivity index is 1.88. The standard InChI is InChI=1S/C19H25NO3/c1-20(15-7-5-3-4-6-8-15)13-14-11-19(21)23-18-12-16(22-2)9-10-17(14)18/h9-12,15H,3-8,13H2,1-2H3. The van der Waals surface area contributed by atoms with Crippen LogP contribution in [0.25, 0.3) is 11.0 Å². The fraction of sp³-hybridized carbons (Fsp3) is 0.526. The Labute approximate surface area is 137 Å². The molecule has 0 atom stereocenters. The molecule has 1 saturated carbocycles. The molecule has 0 bridgehead atoms. The van der Waals surface area contributed by atoms with Crippen LogP contribution in [0.15, 0.2) is 33.5 Å². The van der Waals surface area contributed by atoms with E-state index in [0.29, 0.717) is 17.4 Å². The maximum Gasteiger partial charge on any atom is 0.336 e. The van der Waals surface area contributed by atoms with Crippen LogP contribution in [0.1, 0.15) is 44.1 Å². The molecule has 1 aromatic heterocycles. The van der Waals surface area contributed by atoms with E-state index in [0.717, 1.165) is 17.5 Å². The Morgan fingerprint density at radius 2 is 1.91 bits per heavy atom. The molecule has 1 aliphatic carbocycles. The number of methoxy groups -OCH3 is 1. The summed E-state index contributed by atoms with van der Waals surface area (Å²) in [7, 11) is 3.78. The first kappa shape index (κ1) is 16.1. The molecule has 0 N–H and O–H groups in total. The molecule has 1 aromatic carbocycles. The van der Waals surface area contributed by atoms with Gasteiger partial charge in [-0.1, -0.05) is 25.7 Å². The highest BCUT2D eigenvalue weighted by atomic mass is 16.5. The molecule has 1 fully saturated rings. The van der Waals surface area contributed by atoms with Crippen LogP contribution in [0, 0.1) is 0 Å². The van der Waals surface area contributed by atoms with Crippen molar-refractivity contribution in [2.45, 2.75) is 51.1 Å². The minimum Gasteiger partial charge on any atom is -0.497 e. The molecule has 23 heavy (non-hydrogen) atoms. The monoisotopic (exact) mass is 315 g/mol. The molecule has 0 aliphatic heterocycles. The highest BCUT2D eigenvalue weighted by Crippen LogP contribution is 2.26. The van der Waals surface area contributed by atoms with Gasteiger partial charge in [-0.25, -0.2) is 4.79 Å². The van der Waals surface area contributed by atoms with Crippen molar-refractivity contribution in [1.82, 2.24) is 4.90 Å². The van der Waals surface area contributed by atoms with Crippen LogP contribution in [0.4, 0.5) is 0 Å². The van der Waals surface area contributed by atoms with E-state index < -0.39 is 0 Å². The molecule has 2 aromatic rings. The van der Waals surface area contributed by atoms with Crippen molar-refractivity contribution in [2.24, 2.45) is 0 Å². The van der Waals surface area contributed by atoms with Gasteiger partial charge in [0.15, 0.2) is 0 Å². The summed E-state index contributed by atoms with van der Waals surface area (Å²) in [5.41, 5.74) is 1.33. The number of hydrogen-bond acceptors (Lipinski definition) is 4. The van der Waals surface area contributed by atoms with Gasteiger partial charge in [0.25, 0.3) is 0 Å². The summed E-state index contributed by atoms with van der Waals surface area (Å²) in [5, 5.41) is 0.992. The first-order valence-electron chi connectivity index (χ1n) is 8.48. The van der Waals surface area contributed by atoms with Crippen molar-refractivity contribution in [3.05, 3.63) is 40.2 Å². The van der Waals surface area contributed by atoms with E-state index in [-0.39, 0.29) is 5.63 Å². The summed E-state index contributed by atoms with van der Waals surface area (Å²) < 4.78 is 10.6. The number of rotatable bonds is 4. The molecule has 4 nitrogen and oxygen atoms in total. The quantitative estimate of drug-likeness (QED) is 0.633. The molecule has 0 amide bonds. The van der Waals surface area contributed by atoms with Gasteiger partial charge in [0.05, 0.1) is 7.11 Å². The van der Waals surface area contributed by atoms with E-state index in [1.165, 1.54) is 38.5 Å². The summed E-state index contributed by atoms with van der Waals surface area (Å²) in [6, 6.07) is 7.91. The third-order valence-corrected chi connectivity index (χ3v) is 4.91. The molecule has 1 aliphatic rings. The summed E-state index contributed by atoms with van der Waals surface area (Å²) in [4.78, 5) is 14.3. The topological polar surface area (TPSA) is 42.7 Å². The van der Waals surface area contributed by atoms with Gasteiger partial charge in [0.1, 0.15) is 11.3 Å². The Hall–Kier alpha value is -1.81. The zero-order chi connectivity index (χ0) is 16.2. The summed E-state index contributed by atoms with van der Waals surface area (Å²) >= 11 is 0. The van der Waals surface area contributed by atoms with Crippen LogP contribution in [-0.2, 0) is 6.54 Å². The van der Waals surface area contributed by atoms with Crippen molar-refractivity contribution in [2.75, 3.05) is 14.2 Å². The first-order valence-corrected chi connectivity index (χ1v) is 8.48. The van der Waals surface area contributed by atoms with Crippen molar-refractivity contribution in [3.8, 4) is 5.75 Å². The molecular weight excluding hydrogens is 290 g/mol. The zero-order valence-electron chi connectivity index (χ0n) is 14.0. The van der Waals surface area contributed by atoms with Crippen molar-refractivity contribution >= 4 is 11.0 Å². The number of nitrogens with zero attached hydrogens (tertiary/aromatic N) is 1. The second-order valence-electron chi connectivity index (χ2n) is 6.51. The number of fused-ring (bicyclic) bond motifs is 1. The van der Waals surface area contributed by atoms with E-state index in [1.54, 1.807) is 19.2 Å². The molecule has 0 saturated heterocycles. The van der Waals surface area contributed by atoms with E-state index in [4.69, 9.17) is 9.15 Å². The van der Waals surface area contributed by atoms with Gasteiger partial charge >= 0.3 is 5.63 Å². The van der Waals surface area contributed by atoms with Gasteiger partial charge in [0, 0.05) is 30.1 Å². The van der Waals surface area contributed by atoms with Gasteiger partial charge in [-0.3, -0.25) is 4.90 Å². The SMILES string of the molecule is COc1ccc2c(CN(C)C3CCCCCC3)cc(=O)oc2c1. The van der Waals surface area contributed by atoms with Gasteiger partial charge in [-0.05, 0) is 37.6 Å². The molecule has 0 spiro atoms. The minimum atomic E-state index is -0.296. The van der Waals surface area contributed by atoms with Gasteiger partial charge < -0.3 is 9.15 Å². The molecule has 0 radical (unpaired) electrons. The van der Waals surface area contributed by atoms with Crippen LogP contribution in [-0.4, -0.2) is 25.1 Å². The Kier molecular flexibility index (Phi) is 5.01. The lowest BCUT2D eigenvalue weighted by Crippen LogP contribution is -2.31. The zero-order valence-corrected chi connectivity index (χ0v) is 14.0. The van der Waals surface area contributed by atoms with E-state index in [1.807, 2.05) is 12.1 Å². The Morgan fingerprint density at radius 1 is 1.17 bits per heavy atom. The van der Waals surface area contributed by atoms with E-state index in [2.05, 4.69) is 11.9 Å². The highest BCUT2D eigenvalue weighted by Gasteiger charge is 2.18. The van der Waals surface area contributed by atoms with Gasteiger partial charge in [-0.2, -0.15) is 0 Å². The summed E-state index contributed by atoms with van der Waals surface area (Å²) in [5.74, 6) is 0.704. The maximum atomic E-state index is 11.9. The van der Waals surface area contributed by atoms with E-state index in [9.17, 15) is 4.79 Å². The average molecular weight is 315 g/mol. The van der Waals surface area contributed by atoms with Crippen LogP contribution in [0.5, 0.6) is 5.75 Å². The third kappa shape index (κ3) is 3.75. The van der Waals surface area contributed by atoms with Crippen LogP contribution in [0.3, 0.4) is 0 Å². The normalized spacial score (nSPS) is 16.7. The number of ether oxygens (including phenoxy) is 1. The maximum absolute atomic E-state index is 11.9. The predicted octanol–water partition coefficient (Wildman–Crippen LogP) is 3.96. The molecule has 0 unspecified atom stereocenters. The minimum absolute atomic E-state index is 0.296. The van der Waals surface area contributed by atoms with Crippen LogP contribution in [0.2, 0.25) is 0 Å². The van der Waals surface area contributed by atoms with Crippen LogP contribution >= 0.6 is 0 Å². The molecule has 124 valence electrons. The average Bonchev–Trinajstić information content (AvgIpc) is 2.83. The second kappa shape index (κ2) is 7.18. The smallest absolute Gasteiger partial charge is 0.336 e. The van der Waals surface area contributed by atoms with Gasteiger partial charge in [0.2, 0.25) is 0 Å². The lowest BCUT2D eigenvalue weighted by Gasteiger charge is -2.27. The number of benzene rings is 1. The lowest BCUT2D eigenvalue weighted by molar-refractivity contribution is 0.213. The Bertz CT molecular complexity index is 714. The molecule has 1 heterocycles. The number of hydrogen-bond donors (Lipinski definition) is 0. The second-order valence-corrected chi connectivity index (χ2v) is 6.51. The first-order chi connectivity index (χ1) is 11.2. The fourth-order valence-corrected chi connectivity index (χ4v) is 3.56. The van der Waals surface area contributed by atoms with Gasteiger partial charge in [-0.15, -0.1) is 0 Å². The largest absolute Gasteiger partial charge is 0.497 e. The van der Waals surface area contributed by atoms with Crippen LogP contribution < -0.4 is 10.4 Å². The molecule has 4 heteroatoms. The van der Waals surface area contributed by atoms with Crippen molar-refractivity contribution < 1.29 is 9.15 Å². The fourth-order valence-electron chi connectivity index (χ4n) is 3.56. The predicted molar refractivity (Wildman–Crippen MR) is 92.0 cm³/mol. The van der Waals surface area contributed by atoms with E-state index >= 15 is 0 Å². The van der Waals surface area contributed by atoms with Crippen molar-refractivity contribution in [3.63, 3.8) is 0 Å². The van der Waals surface area contributed by atoms with Crippen molar-refractivity contribution in [1.29, 1.82) is 0 Å². The summed E-state index contributed by atoms with van der Waals surface area (Å²) in [6.07, 6.45) is 7.82. The molecular formula is C19H25NO3. The molecule has 3 rings (SSSR count). The third-order valence-electron chi connectivity index (χ3n) is 4.91. The highest BCUT2D eigenvalue weighted by molar-refractivity contribution is 5.81. The Morgan fingerprint density at radius 3 is 2.61 bits per heavy atom. The summed E-state index contributed by atoms with van der Waals surface area (Å²) in [6.45, 7) is 0.777.